The molecule has 0 aliphatic rings. The number of carbonyl (C=O) groups excluding carboxylic acids is 2. The van der Waals surface area contributed by atoms with Crippen molar-refractivity contribution in [3.8, 4) is 0 Å². The van der Waals surface area contributed by atoms with E-state index in [1.165, 1.54) is 0 Å². The van der Waals surface area contributed by atoms with Gasteiger partial charge in [-0.1, -0.05) is 55.5 Å². The highest BCUT2D eigenvalue weighted by Crippen LogP contribution is 2.22. The van der Waals surface area contributed by atoms with Crippen LogP contribution in [0.25, 0.3) is 0 Å². The zero-order valence-electron chi connectivity index (χ0n) is 17.3. The van der Waals surface area contributed by atoms with Crippen molar-refractivity contribution in [1.82, 2.24) is 9.80 Å². The highest BCUT2D eigenvalue weighted by Gasteiger charge is 2.29. The average Bonchev–Trinajstić information content (AvgIpc) is 2.70. The minimum atomic E-state index is -0.492. The van der Waals surface area contributed by atoms with Crippen LogP contribution in [0.1, 0.15) is 37.9 Å². The molecule has 0 heterocycles. The van der Waals surface area contributed by atoms with E-state index in [-0.39, 0.29) is 18.4 Å². The van der Waals surface area contributed by atoms with Gasteiger partial charge in [-0.25, -0.2) is 0 Å². The van der Waals surface area contributed by atoms with Crippen molar-refractivity contribution >= 4 is 17.5 Å². The molecule has 0 spiro atoms. The molecule has 0 fully saturated rings. The summed E-state index contributed by atoms with van der Waals surface area (Å²) in [5.41, 5.74) is 2.82. The van der Waals surface area contributed by atoms with Crippen LogP contribution in [-0.2, 0) is 16.0 Å². The second kappa shape index (κ2) is 10.6. The number of anilines is 1. The third-order valence-electron chi connectivity index (χ3n) is 4.93. The summed E-state index contributed by atoms with van der Waals surface area (Å²) >= 11 is 0. The zero-order valence-corrected chi connectivity index (χ0v) is 17.3. The fourth-order valence-corrected chi connectivity index (χ4v) is 3.39. The maximum Gasteiger partial charge on any atom is 0.244 e. The van der Waals surface area contributed by atoms with E-state index in [9.17, 15) is 9.59 Å². The number of nitrogens with zero attached hydrogens (tertiary/aromatic N) is 2. The van der Waals surface area contributed by atoms with Gasteiger partial charge in [0.25, 0.3) is 0 Å². The topological polar surface area (TPSA) is 52.7 Å². The van der Waals surface area contributed by atoms with Crippen molar-refractivity contribution in [3.63, 3.8) is 0 Å². The number of hydrogen-bond donors (Lipinski definition) is 1. The maximum absolute atomic E-state index is 13.1. The molecule has 2 rings (SSSR count). The van der Waals surface area contributed by atoms with Crippen molar-refractivity contribution in [1.29, 1.82) is 0 Å². The van der Waals surface area contributed by atoms with E-state index in [1.807, 2.05) is 80.4 Å². The van der Waals surface area contributed by atoms with Gasteiger partial charge in [-0.15, -0.1) is 0 Å². The fraction of sp³-hybridized carbons (Fsp3) is 0.391. The number of para-hydroxylation sites is 1. The Kier molecular flexibility index (Phi) is 8.20. The van der Waals surface area contributed by atoms with Crippen LogP contribution < -0.4 is 5.32 Å². The summed E-state index contributed by atoms with van der Waals surface area (Å²) in [5, 5.41) is 2.99. The van der Waals surface area contributed by atoms with Gasteiger partial charge in [0.05, 0.1) is 6.54 Å². The van der Waals surface area contributed by atoms with Gasteiger partial charge in [0, 0.05) is 18.8 Å². The molecule has 0 aromatic heterocycles. The van der Waals surface area contributed by atoms with Crippen LogP contribution in [0.15, 0.2) is 54.6 Å². The van der Waals surface area contributed by atoms with E-state index in [1.54, 1.807) is 4.90 Å². The minimum absolute atomic E-state index is 0.0143. The molecule has 150 valence electrons. The van der Waals surface area contributed by atoms with Crippen LogP contribution in [0.3, 0.4) is 0 Å². The highest BCUT2D eigenvalue weighted by molar-refractivity contribution is 5.93. The van der Waals surface area contributed by atoms with E-state index >= 15 is 0 Å². The molecule has 28 heavy (non-hydrogen) atoms. The highest BCUT2D eigenvalue weighted by atomic mass is 16.2. The van der Waals surface area contributed by atoms with Gasteiger partial charge in [0.15, 0.2) is 0 Å². The Balaban J connectivity index is 2.19. The average molecular weight is 382 g/mol. The molecule has 2 aromatic rings. The van der Waals surface area contributed by atoms with Gasteiger partial charge in [-0.2, -0.15) is 0 Å². The lowest BCUT2D eigenvalue weighted by Crippen LogP contribution is -2.44. The predicted molar refractivity (Wildman–Crippen MR) is 114 cm³/mol. The Morgan fingerprint density at radius 1 is 0.929 bits per heavy atom. The van der Waals surface area contributed by atoms with Crippen LogP contribution in [0.2, 0.25) is 0 Å². The summed E-state index contributed by atoms with van der Waals surface area (Å²) in [5.74, 6) is -0.114. The second-order valence-corrected chi connectivity index (χ2v) is 6.80. The van der Waals surface area contributed by atoms with E-state index < -0.39 is 6.04 Å². The smallest absolute Gasteiger partial charge is 0.244 e. The quantitative estimate of drug-likeness (QED) is 0.720. The van der Waals surface area contributed by atoms with Crippen LogP contribution in [0.5, 0.6) is 0 Å². The van der Waals surface area contributed by atoms with Crippen molar-refractivity contribution in [2.45, 2.75) is 33.2 Å². The van der Waals surface area contributed by atoms with Gasteiger partial charge in [0.1, 0.15) is 6.04 Å². The molecular weight excluding hydrogens is 350 g/mol. The molecule has 0 unspecified atom stereocenters. The molecule has 1 atom stereocenters. The standard InChI is InChI=1S/C23H31N3O2/c1-5-18-13-11-12-16-20(18)24-21(27)17-25(4)22(19-14-9-8-10-15-19)23(28)26(6-2)7-3/h8-16,22H,5-7,17H2,1-4H3,(H,24,27)/t22-/m0/s1. The normalized spacial score (nSPS) is 11.9. The Bertz CT molecular complexity index is 772. The molecule has 2 aromatic carbocycles. The Morgan fingerprint density at radius 2 is 1.54 bits per heavy atom. The molecule has 5 heteroatoms. The summed E-state index contributed by atoms with van der Waals surface area (Å²) < 4.78 is 0. The SMILES string of the molecule is CCc1ccccc1NC(=O)CN(C)[C@H](C(=O)N(CC)CC)c1ccccc1. The molecule has 0 aliphatic heterocycles. The Morgan fingerprint density at radius 3 is 2.14 bits per heavy atom. The number of hydrogen-bond acceptors (Lipinski definition) is 3. The van der Waals surface area contributed by atoms with Crippen LogP contribution in [0.4, 0.5) is 5.69 Å². The number of benzene rings is 2. The zero-order chi connectivity index (χ0) is 20.5. The Hall–Kier alpha value is -2.66. The van der Waals surface area contributed by atoms with Gasteiger partial charge in [-0.3, -0.25) is 14.5 Å². The van der Waals surface area contributed by atoms with Crippen molar-refractivity contribution in [3.05, 3.63) is 65.7 Å². The van der Waals surface area contributed by atoms with Gasteiger partial charge < -0.3 is 10.2 Å². The lowest BCUT2D eigenvalue weighted by atomic mass is 10.0. The molecular formula is C23H31N3O2. The van der Waals surface area contributed by atoms with Gasteiger partial charge in [0.2, 0.25) is 11.8 Å². The van der Waals surface area contributed by atoms with E-state index in [0.717, 1.165) is 23.2 Å². The molecule has 0 saturated carbocycles. The van der Waals surface area contributed by atoms with Crippen molar-refractivity contribution in [2.75, 3.05) is 32.0 Å². The molecule has 2 amide bonds. The first-order valence-electron chi connectivity index (χ1n) is 9.93. The molecule has 0 aliphatic carbocycles. The molecule has 0 bridgehead atoms. The van der Waals surface area contributed by atoms with Gasteiger partial charge in [-0.05, 0) is 44.5 Å². The summed E-state index contributed by atoms with van der Waals surface area (Å²) in [4.78, 5) is 29.4. The first-order valence-corrected chi connectivity index (χ1v) is 9.93. The number of aryl methyl sites for hydroxylation is 1. The predicted octanol–water partition coefficient (Wildman–Crippen LogP) is 3.73. The number of nitrogens with one attached hydrogen (secondary N) is 1. The largest absolute Gasteiger partial charge is 0.342 e. The van der Waals surface area contributed by atoms with Crippen molar-refractivity contribution in [2.24, 2.45) is 0 Å². The second-order valence-electron chi connectivity index (χ2n) is 6.80. The summed E-state index contributed by atoms with van der Waals surface area (Å²) in [6.07, 6.45) is 0.847. The lowest BCUT2D eigenvalue weighted by molar-refractivity contribution is -0.137. The maximum atomic E-state index is 13.1. The van der Waals surface area contributed by atoms with E-state index in [0.29, 0.717) is 13.1 Å². The van der Waals surface area contributed by atoms with Crippen LogP contribution >= 0.6 is 0 Å². The number of rotatable bonds is 9. The lowest BCUT2D eigenvalue weighted by Gasteiger charge is -2.31. The van der Waals surface area contributed by atoms with Crippen LogP contribution in [0, 0.1) is 0 Å². The van der Waals surface area contributed by atoms with Crippen LogP contribution in [-0.4, -0.2) is 48.3 Å². The molecule has 0 radical (unpaired) electrons. The molecule has 0 saturated heterocycles. The summed E-state index contributed by atoms with van der Waals surface area (Å²) in [7, 11) is 1.82. The third kappa shape index (κ3) is 5.42. The number of amides is 2. The first-order chi connectivity index (χ1) is 13.5. The van der Waals surface area contributed by atoms with Crippen molar-refractivity contribution < 1.29 is 9.59 Å². The molecule has 5 nitrogen and oxygen atoms in total. The Labute approximate surface area is 168 Å². The number of likely N-dealkylation sites (N-methyl/N-ethyl adjacent to an activating group) is 2. The fourth-order valence-electron chi connectivity index (χ4n) is 3.39. The summed E-state index contributed by atoms with van der Waals surface area (Å²) in [6.45, 7) is 7.41. The third-order valence-corrected chi connectivity index (χ3v) is 4.93. The minimum Gasteiger partial charge on any atom is -0.342 e. The van der Waals surface area contributed by atoms with E-state index in [2.05, 4.69) is 12.2 Å². The summed E-state index contributed by atoms with van der Waals surface area (Å²) in [6, 6.07) is 16.9. The van der Waals surface area contributed by atoms with Gasteiger partial charge >= 0.3 is 0 Å². The molecule has 1 N–H and O–H groups in total. The number of carbonyl (C=O) groups is 2. The monoisotopic (exact) mass is 381 g/mol. The van der Waals surface area contributed by atoms with E-state index in [4.69, 9.17) is 0 Å². The first kappa shape index (κ1) is 21.6.